The van der Waals surface area contributed by atoms with E-state index in [0.29, 0.717) is 19.8 Å². The summed E-state index contributed by atoms with van der Waals surface area (Å²) in [5.74, 6) is -0.679. The highest BCUT2D eigenvalue weighted by molar-refractivity contribution is 5.66. The smallest absolute Gasteiger partial charge is 0.303 e. The number of hydrogen-bond acceptors (Lipinski definition) is 7. The van der Waals surface area contributed by atoms with Crippen LogP contribution >= 0.6 is 0 Å². The summed E-state index contributed by atoms with van der Waals surface area (Å²) in [6.07, 6.45) is -2.05. The lowest BCUT2D eigenvalue weighted by Crippen LogP contribution is -2.62. The minimum atomic E-state index is -0.776. The van der Waals surface area contributed by atoms with Crippen molar-refractivity contribution in [3.8, 4) is 0 Å². The van der Waals surface area contributed by atoms with Crippen molar-refractivity contribution >= 4 is 12.3 Å². The van der Waals surface area contributed by atoms with Crippen LogP contribution in [0.5, 0.6) is 0 Å². The van der Waals surface area contributed by atoms with Crippen molar-refractivity contribution in [2.75, 3.05) is 6.61 Å². The summed E-state index contributed by atoms with van der Waals surface area (Å²) in [6, 6.07) is 29.6. The van der Waals surface area contributed by atoms with Crippen LogP contribution < -0.4 is 0 Å². The molecule has 7 nitrogen and oxygen atoms in total. The fourth-order valence-corrected chi connectivity index (χ4v) is 4.94. The van der Waals surface area contributed by atoms with Gasteiger partial charge >= 0.3 is 5.97 Å². The predicted octanol–water partition coefficient (Wildman–Crippen LogP) is 5.30. The van der Waals surface area contributed by atoms with Crippen molar-refractivity contribution < 1.29 is 33.3 Å². The van der Waals surface area contributed by atoms with Crippen LogP contribution in [0.25, 0.3) is 0 Å². The highest BCUT2D eigenvalue weighted by Crippen LogP contribution is 2.34. The van der Waals surface area contributed by atoms with Gasteiger partial charge in [-0.25, -0.2) is 0 Å². The van der Waals surface area contributed by atoms with Crippen LogP contribution in [0.3, 0.4) is 0 Å². The Kier molecular flexibility index (Phi) is 11.4. The van der Waals surface area contributed by atoms with E-state index in [1.165, 1.54) is 6.92 Å². The Bertz CT molecular complexity index is 1160. The molecule has 40 heavy (non-hydrogen) atoms. The molecule has 1 aliphatic heterocycles. The number of aldehydes is 1. The lowest BCUT2D eigenvalue weighted by atomic mass is 9.86. The normalized spacial score (nSPS) is 23.3. The minimum absolute atomic E-state index is 0.226. The second kappa shape index (κ2) is 15.4. The Labute approximate surface area is 236 Å². The molecule has 1 saturated heterocycles. The van der Waals surface area contributed by atoms with Crippen LogP contribution in [-0.4, -0.2) is 49.4 Å². The molecule has 4 rings (SSSR count). The zero-order valence-electron chi connectivity index (χ0n) is 23.1. The first-order valence-electron chi connectivity index (χ1n) is 13.7. The second-order valence-electron chi connectivity index (χ2n) is 10.1. The Morgan fingerprint density at radius 3 is 1.77 bits per heavy atom. The van der Waals surface area contributed by atoms with E-state index in [2.05, 4.69) is 0 Å². The van der Waals surface area contributed by atoms with E-state index < -0.39 is 36.5 Å². The monoisotopic (exact) mass is 546 g/mol. The Hall–Kier alpha value is -3.36. The summed E-state index contributed by atoms with van der Waals surface area (Å²) in [5, 5.41) is 0. The third kappa shape index (κ3) is 8.57. The molecular formula is C33H38O7. The highest BCUT2D eigenvalue weighted by Gasteiger charge is 2.50. The van der Waals surface area contributed by atoms with E-state index in [4.69, 9.17) is 23.7 Å². The quantitative estimate of drug-likeness (QED) is 0.201. The largest absolute Gasteiger partial charge is 0.457 e. The van der Waals surface area contributed by atoms with Crippen molar-refractivity contribution in [2.24, 2.45) is 5.92 Å². The molecule has 6 atom stereocenters. The van der Waals surface area contributed by atoms with E-state index >= 15 is 0 Å². The standard InChI is InChI=1S/C33H38O7/c1-24(18-19-34)30-33(39-25(2)35)32(38-22-28-16-10-5-11-17-28)31(37-21-27-14-8-4-9-15-27)29(40-30)23-36-20-26-12-6-3-7-13-26/h3-17,19,24,29-33H,18,20-23H2,1-2H3/t24-,29+,30-,31+,32-,33-/m0/s1. The SMILES string of the molecule is CC(=O)O[C@@H]1[C@@H](OCc2ccccc2)[C@H](OCc2ccccc2)[C@@H](COCc2ccccc2)O[C@H]1[C@@H](C)CC=O. The maximum atomic E-state index is 12.3. The van der Waals surface area contributed by atoms with Gasteiger partial charge in [0.05, 0.1) is 26.4 Å². The predicted molar refractivity (Wildman–Crippen MR) is 150 cm³/mol. The molecule has 0 saturated carbocycles. The summed E-state index contributed by atoms with van der Waals surface area (Å²) in [5.41, 5.74) is 3.01. The van der Waals surface area contributed by atoms with Gasteiger partial charge in [0.2, 0.25) is 0 Å². The van der Waals surface area contributed by atoms with Gasteiger partial charge in [0.15, 0.2) is 6.10 Å². The molecule has 3 aromatic rings. The topological polar surface area (TPSA) is 80.3 Å². The average molecular weight is 547 g/mol. The summed E-state index contributed by atoms with van der Waals surface area (Å²) in [6.45, 7) is 4.53. The minimum Gasteiger partial charge on any atom is -0.457 e. The van der Waals surface area contributed by atoms with Gasteiger partial charge in [-0.05, 0) is 22.6 Å². The molecule has 1 heterocycles. The van der Waals surface area contributed by atoms with Crippen LogP contribution in [0, 0.1) is 5.92 Å². The average Bonchev–Trinajstić information content (AvgIpc) is 2.97. The number of ether oxygens (including phenoxy) is 5. The molecule has 3 aromatic carbocycles. The lowest BCUT2D eigenvalue weighted by molar-refractivity contribution is -0.273. The molecule has 0 N–H and O–H groups in total. The molecule has 0 amide bonds. The first kappa shape index (κ1) is 29.6. The van der Waals surface area contributed by atoms with Gasteiger partial charge in [0.25, 0.3) is 0 Å². The molecule has 0 aliphatic carbocycles. The van der Waals surface area contributed by atoms with Crippen molar-refractivity contribution in [1.82, 2.24) is 0 Å². The molecule has 0 unspecified atom stereocenters. The van der Waals surface area contributed by atoms with Crippen LogP contribution in [0.2, 0.25) is 0 Å². The first-order chi connectivity index (χ1) is 19.5. The first-order valence-corrected chi connectivity index (χ1v) is 13.7. The number of carbonyl (C=O) groups is 2. The van der Waals surface area contributed by atoms with Gasteiger partial charge in [-0.2, -0.15) is 0 Å². The fraction of sp³-hybridized carbons (Fsp3) is 0.394. The highest BCUT2D eigenvalue weighted by atomic mass is 16.6. The van der Waals surface area contributed by atoms with E-state index in [1.54, 1.807) is 0 Å². The van der Waals surface area contributed by atoms with Crippen LogP contribution in [0.15, 0.2) is 91.0 Å². The number of benzene rings is 3. The number of esters is 1. The van der Waals surface area contributed by atoms with Gasteiger partial charge in [-0.15, -0.1) is 0 Å². The molecule has 7 heteroatoms. The third-order valence-corrected chi connectivity index (χ3v) is 6.96. The van der Waals surface area contributed by atoms with Crippen molar-refractivity contribution in [3.63, 3.8) is 0 Å². The van der Waals surface area contributed by atoms with Gasteiger partial charge in [-0.1, -0.05) is 97.9 Å². The van der Waals surface area contributed by atoms with E-state index in [1.807, 2.05) is 97.9 Å². The molecule has 0 radical (unpaired) electrons. The lowest BCUT2D eigenvalue weighted by Gasteiger charge is -2.47. The van der Waals surface area contributed by atoms with E-state index in [0.717, 1.165) is 23.0 Å². The van der Waals surface area contributed by atoms with Gasteiger partial charge in [0.1, 0.15) is 30.7 Å². The molecule has 0 spiro atoms. The summed E-state index contributed by atoms with van der Waals surface area (Å²) < 4.78 is 31.5. The Morgan fingerprint density at radius 2 is 1.27 bits per heavy atom. The van der Waals surface area contributed by atoms with Gasteiger partial charge < -0.3 is 28.5 Å². The molecule has 1 aliphatic rings. The van der Waals surface area contributed by atoms with E-state index in [9.17, 15) is 9.59 Å². The third-order valence-electron chi connectivity index (χ3n) is 6.96. The molecule has 0 aromatic heterocycles. The van der Waals surface area contributed by atoms with Gasteiger partial charge in [0, 0.05) is 13.3 Å². The number of rotatable bonds is 14. The van der Waals surface area contributed by atoms with Crippen LogP contribution in [-0.2, 0) is 53.1 Å². The fourth-order valence-electron chi connectivity index (χ4n) is 4.94. The summed E-state index contributed by atoms with van der Waals surface area (Å²) in [7, 11) is 0. The zero-order chi connectivity index (χ0) is 28.2. The molecule has 212 valence electrons. The van der Waals surface area contributed by atoms with Crippen molar-refractivity contribution in [1.29, 1.82) is 0 Å². The summed E-state index contributed by atoms with van der Waals surface area (Å²) in [4.78, 5) is 23.8. The van der Waals surface area contributed by atoms with Crippen molar-refractivity contribution in [2.45, 2.75) is 70.6 Å². The van der Waals surface area contributed by atoms with Crippen LogP contribution in [0.4, 0.5) is 0 Å². The Balaban J connectivity index is 1.62. The van der Waals surface area contributed by atoms with Gasteiger partial charge in [-0.3, -0.25) is 4.79 Å². The number of carbonyl (C=O) groups excluding carboxylic acids is 2. The number of hydrogen-bond donors (Lipinski definition) is 0. The van der Waals surface area contributed by atoms with Crippen LogP contribution in [0.1, 0.15) is 37.0 Å². The Morgan fingerprint density at radius 1 is 0.775 bits per heavy atom. The summed E-state index contributed by atoms with van der Waals surface area (Å²) >= 11 is 0. The van der Waals surface area contributed by atoms with Crippen molar-refractivity contribution in [3.05, 3.63) is 108 Å². The maximum Gasteiger partial charge on any atom is 0.303 e. The second-order valence-corrected chi connectivity index (χ2v) is 10.1. The molecule has 0 bridgehead atoms. The maximum absolute atomic E-state index is 12.3. The van der Waals surface area contributed by atoms with E-state index in [-0.39, 0.29) is 18.9 Å². The zero-order valence-corrected chi connectivity index (χ0v) is 23.1. The molecular weight excluding hydrogens is 508 g/mol. The molecule has 1 fully saturated rings.